The van der Waals surface area contributed by atoms with Gasteiger partial charge in [-0.05, 0) is 17.7 Å². The van der Waals surface area contributed by atoms with E-state index in [2.05, 4.69) is 0 Å². The predicted octanol–water partition coefficient (Wildman–Crippen LogP) is 1.76. The summed E-state index contributed by atoms with van der Waals surface area (Å²) in [6.07, 6.45) is 1.85. The molecule has 0 fully saturated rings. The van der Waals surface area contributed by atoms with Crippen molar-refractivity contribution in [3.8, 4) is 5.75 Å². The highest BCUT2D eigenvalue weighted by Gasteiger charge is 2.06. The molecule has 1 aromatic heterocycles. The van der Waals surface area contributed by atoms with Crippen LogP contribution in [-0.2, 0) is 16.0 Å². The molecule has 0 atom stereocenters. The lowest BCUT2D eigenvalue weighted by molar-refractivity contribution is -0.134. The van der Waals surface area contributed by atoms with E-state index >= 15 is 0 Å². The number of carbonyl (C=O) groups is 1. The maximum atomic E-state index is 11.2. The van der Waals surface area contributed by atoms with Gasteiger partial charge in [0.1, 0.15) is 17.2 Å². The van der Waals surface area contributed by atoms with E-state index < -0.39 is 11.6 Å². The molecule has 6 nitrogen and oxygen atoms in total. The van der Waals surface area contributed by atoms with Crippen molar-refractivity contribution >= 4 is 34.8 Å². The van der Waals surface area contributed by atoms with E-state index in [0.717, 1.165) is 5.39 Å². The number of carboxylic acids is 1. The maximum Gasteiger partial charge on any atom is 0.336 e. The van der Waals surface area contributed by atoms with Crippen LogP contribution in [0.4, 0.5) is 0 Å². The Morgan fingerprint density at radius 3 is 2.62 bits per heavy atom. The fourth-order valence-corrected chi connectivity index (χ4v) is 1.56. The molecular weight excluding hydrogens is 300 g/mol. The van der Waals surface area contributed by atoms with Crippen LogP contribution in [0, 0.1) is 0 Å². The average Bonchev–Trinajstić information content (AvgIpc) is 2.47. The summed E-state index contributed by atoms with van der Waals surface area (Å²) in [7, 11) is 1.53. The van der Waals surface area contributed by atoms with Crippen LogP contribution < -0.4 is 10.4 Å². The van der Waals surface area contributed by atoms with Crippen LogP contribution in [0.1, 0.15) is 5.56 Å². The van der Waals surface area contributed by atoms with Crippen molar-refractivity contribution in [3.05, 3.63) is 40.2 Å². The van der Waals surface area contributed by atoms with Gasteiger partial charge in [-0.3, -0.25) is 9.59 Å². The molecule has 2 rings (SSSR count). The van der Waals surface area contributed by atoms with Gasteiger partial charge in [0.15, 0.2) is 0 Å². The highest BCUT2D eigenvalue weighted by atomic mass is 35.5. The molecule has 0 saturated carbocycles. The minimum Gasteiger partial charge on any atom is -0.497 e. The summed E-state index contributed by atoms with van der Waals surface area (Å²) in [6.45, 7) is 0. The van der Waals surface area contributed by atoms with Gasteiger partial charge in [0, 0.05) is 23.9 Å². The Morgan fingerprint density at radius 2 is 2.10 bits per heavy atom. The predicted molar refractivity (Wildman–Crippen MR) is 76.8 cm³/mol. The number of carbonyl (C=O) groups excluding carboxylic acids is 1. The molecule has 0 bridgehead atoms. The van der Waals surface area contributed by atoms with Gasteiger partial charge >= 0.3 is 11.6 Å². The Hall–Kier alpha value is -2.34. The number of hydrogen-bond acceptors (Lipinski definition) is 5. The normalized spacial score (nSPS) is 9.62. The molecular formula is C14H12ClO6. The van der Waals surface area contributed by atoms with Crippen LogP contribution in [-0.4, -0.2) is 30.4 Å². The number of rotatable bonds is 4. The summed E-state index contributed by atoms with van der Waals surface area (Å²) >= 11 is 4.74. The van der Waals surface area contributed by atoms with Crippen LogP contribution >= 0.6 is 11.6 Å². The monoisotopic (exact) mass is 311 g/mol. The first-order valence-electron chi connectivity index (χ1n) is 5.75. The molecule has 0 saturated heterocycles. The Balaban J connectivity index is 0.000000383. The Morgan fingerprint density at radius 1 is 1.43 bits per heavy atom. The third kappa shape index (κ3) is 4.92. The van der Waals surface area contributed by atoms with E-state index in [1.54, 1.807) is 24.5 Å². The second kappa shape index (κ2) is 8.06. The quantitative estimate of drug-likeness (QED) is 0.683. The third-order valence-corrected chi connectivity index (χ3v) is 2.64. The van der Waals surface area contributed by atoms with Crippen molar-refractivity contribution in [3.63, 3.8) is 0 Å². The zero-order valence-corrected chi connectivity index (χ0v) is 11.8. The van der Waals surface area contributed by atoms with Crippen molar-refractivity contribution in [1.29, 1.82) is 0 Å². The van der Waals surface area contributed by atoms with Crippen LogP contribution in [0.25, 0.3) is 11.0 Å². The number of aliphatic carboxylic acids is 1. The van der Waals surface area contributed by atoms with Crippen molar-refractivity contribution in [2.75, 3.05) is 13.0 Å². The molecule has 7 heteroatoms. The zero-order valence-electron chi connectivity index (χ0n) is 11.1. The number of benzene rings is 1. The number of halogens is 1. The average molecular weight is 312 g/mol. The Kier molecular flexibility index (Phi) is 6.42. The second-order valence-corrected chi connectivity index (χ2v) is 4.07. The lowest BCUT2D eigenvalue weighted by Gasteiger charge is -2.03. The molecule has 1 heterocycles. The van der Waals surface area contributed by atoms with Crippen molar-refractivity contribution in [1.82, 2.24) is 0 Å². The summed E-state index contributed by atoms with van der Waals surface area (Å²) in [5.41, 5.74) is 0.548. The second-order valence-electron chi connectivity index (χ2n) is 3.80. The van der Waals surface area contributed by atoms with Gasteiger partial charge in [-0.1, -0.05) is 0 Å². The molecule has 0 amide bonds. The summed E-state index contributed by atoms with van der Waals surface area (Å²) in [5.74, 6) is -0.686. The molecule has 0 unspecified atom stereocenters. The van der Waals surface area contributed by atoms with E-state index in [9.17, 15) is 14.4 Å². The van der Waals surface area contributed by atoms with Gasteiger partial charge in [0.05, 0.1) is 7.11 Å². The minimum absolute atomic E-state index is 0.0778. The topological polar surface area (TPSA) is 93.8 Å². The molecule has 0 spiro atoms. The zero-order chi connectivity index (χ0) is 15.8. The Labute approximate surface area is 124 Å². The van der Waals surface area contributed by atoms with Crippen LogP contribution in [0.2, 0.25) is 0 Å². The number of methoxy groups -OCH3 is 1. The summed E-state index contributed by atoms with van der Waals surface area (Å²) in [4.78, 5) is 30.8. The number of hydrogen-bond donors (Lipinski definition) is 1. The van der Waals surface area contributed by atoms with Gasteiger partial charge in [-0.15, -0.1) is 11.6 Å². The fraction of sp³-hybridized carbons (Fsp3) is 0.214. The van der Waals surface area contributed by atoms with Gasteiger partial charge in [-0.25, -0.2) is 4.79 Å². The highest BCUT2D eigenvalue weighted by molar-refractivity contribution is 6.26. The molecule has 21 heavy (non-hydrogen) atoms. The molecule has 0 aliphatic heterocycles. The number of carboxylic acid groups (broad SMARTS) is 1. The van der Waals surface area contributed by atoms with E-state index in [4.69, 9.17) is 25.9 Å². The number of fused-ring (bicyclic) bond motifs is 1. The molecule has 111 valence electrons. The SMILES string of the molecule is COc1ccc2c(C[C]=O)cc(=O)oc2c1.O=C(O)CCl. The summed E-state index contributed by atoms with van der Waals surface area (Å²) < 4.78 is 10.0. The van der Waals surface area contributed by atoms with E-state index in [1.165, 1.54) is 13.2 Å². The minimum atomic E-state index is -0.980. The largest absolute Gasteiger partial charge is 0.497 e. The number of ether oxygens (including phenoxy) is 1. The van der Waals surface area contributed by atoms with Crippen LogP contribution in [0.15, 0.2) is 33.5 Å². The van der Waals surface area contributed by atoms with Gasteiger partial charge in [-0.2, -0.15) is 0 Å². The fourth-order valence-electron chi connectivity index (χ4n) is 1.56. The maximum absolute atomic E-state index is 11.2. The van der Waals surface area contributed by atoms with E-state index in [1.807, 2.05) is 0 Å². The van der Waals surface area contributed by atoms with Gasteiger partial charge in [0.2, 0.25) is 6.29 Å². The smallest absolute Gasteiger partial charge is 0.336 e. The third-order valence-electron chi connectivity index (χ3n) is 2.41. The van der Waals surface area contributed by atoms with Crippen molar-refractivity contribution in [2.45, 2.75) is 6.42 Å². The first kappa shape index (κ1) is 16.7. The van der Waals surface area contributed by atoms with Gasteiger partial charge < -0.3 is 14.3 Å². The van der Waals surface area contributed by atoms with E-state index in [0.29, 0.717) is 16.9 Å². The lowest BCUT2D eigenvalue weighted by Crippen LogP contribution is -2.01. The van der Waals surface area contributed by atoms with Crippen LogP contribution in [0.5, 0.6) is 5.75 Å². The van der Waals surface area contributed by atoms with Crippen molar-refractivity contribution in [2.24, 2.45) is 0 Å². The summed E-state index contributed by atoms with van der Waals surface area (Å²) in [6, 6.07) is 6.42. The Bertz CT molecular complexity index is 691. The standard InChI is InChI=1S/C12H9O4.C2H3ClO2/c1-15-9-2-3-10-8(4-5-13)6-12(14)16-11(10)7-9;3-1-2(4)5/h2-3,6-7H,4H2,1H3;1H2,(H,4,5). The highest BCUT2D eigenvalue weighted by Crippen LogP contribution is 2.22. The molecule has 1 aromatic carbocycles. The molecule has 0 aliphatic carbocycles. The first-order valence-corrected chi connectivity index (χ1v) is 6.28. The molecule has 2 aromatic rings. The first-order chi connectivity index (χ1) is 10.0. The molecule has 1 radical (unpaired) electrons. The van der Waals surface area contributed by atoms with Gasteiger partial charge in [0.25, 0.3) is 0 Å². The summed E-state index contributed by atoms with van der Waals surface area (Å²) in [5, 5.41) is 8.32. The van der Waals surface area contributed by atoms with Crippen LogP contribution in [0.3, 0.4) is 0 Å². The lowest BCUT2D eigenvalue weighted by atomic mass is 10.1. The van der Waals surface area contributed by atoms with Crippen molar-refractivity contribution < 1.29 is 23.8 Å². The molecule has 1 N–H and O–H groups in total. The van der Waals surface area contributed by atoms with E-state index in [-0.39, 0.29) is 12.3 Å². The number of alkyl halides is 1. The molecule has 0 aliphatic rings.